The standard InChI is InChI=1S/C21H25N3O3/c1-26-17-5-4-6-18(15-17)27-14-13-23-11-9-16(10-12-23)24-20-8-3-2-7-19(20)22-21(24)25/h2-8,15-16H,9-14H2,1H3,(H,22,25). The number of nitrogens with one attached hydrogen (secondary N) is 1. The third-order valence-corrected chi connectivity index (χ3v) is 5.26. The first-order valence-electron chi connectivity index (χ1n) is 9.43. The van der Waals surface area contributed by atoms with E-state index in [2.05, 4.69) is 9.88 Å². The molecule has 0 atom stereocenters. The van der Waals surface area contributed by atoms with Gasteiger partial charge in [0, 0.05) is 31.7 Å². The number of para-hydroxylation sites is 2. The van der Waals surface area contributed by atoms with Crippen LogP contribution in [0.3, 0.4) is 0 Å². The minimum absolute atomic E-state index is 0.00370. The fourth-order valence-corrected chi connectivity index (χ4v) is 3.82. The van der Waals surface area contributed by atoms with Crippen molar-refractivity contribution in [1.29, 1.82) is 0 Å². The van der Waals surface area contributed by atoms with Crippen LogP contribution < -0.4 is 15.2 Å². The van der Waals surface area contributed by atoms with E-state index >= 15 is 0 Å². The van der Waals surface area contributed by atoms with Crippen LogP contribution in [-0.4, -0.2) is 47.8 Å². The van der Waals surface area contributed by atoms with Gasteiger partial charge in [0.2, 0.25) is 0 Å². The van der Waals surface area contributed by atoms with Crippen molar-refractivity contribution in [3.05, 3.63) is 59.0 Å². The van der Waals surface area contributed by atoms with Crippen molar-refractivity contribution in [1.82, 2.24) is 14.5 Å². The summed E-state index contributed by atoms with van der Waals surface area (Å²) in [7, 11) is 1.66. The zero-order chi connectivity index (χ0) is 18.6. The zero-order valence-corrected chi connectivity index (χ0v) is 15.6. The molecule has 0 saturated carbocycles. The van der Waals surface area contributed by atoms with Gasteiger partial charge in [-0.1, -0.05) is 18.2 Å². The largest absolute Gasteiger partial charge is 0.497 e. The molecule has 1 aliphatic heterocycles. The third-order valence-electron chi connectivity index (χ3n) is 5.26. The fourth-order valence-electron chi connectivity index (χ4n) is 3.82. The average molecular weight is 367 g/mol. The number of benzene rings is 2. The molecule has 4 rings (SSSR count). The highest BCUT2D eigenvalue weighted by Crippen LogP contribution is 2.25. The molecule has 1 fully saturated rings. The first-order valence-corrected chi connectivity index (χ1v) is 9.43. The van der Waals surface area contributed by atoms with Crippen LogP contribution in [0.15, 0.2) is 53.3 Å². The Hall–Kier alpha value is -2.73. The average Bonchev–Trinajstić information content (AvgIpc) is 3.04. The van der Waals surface area contributed by atoms with E-state index in [1.807, 2.05) is 53.1 Å². The maximum atomic E-state index is 12.4. The molecule has 27 heavy (non-hydrogen) atoms. The molecule has 0 aliphatic carbocycles. The number of rotatable bonds is 6. The first kappa shape index (κ1) is 17.7. The molecule has 6 heteroatoms. The molecule has 142 valence electrons. The van der Waals surface area contributed by atoms with Crippen molar-refractivity contribution in [2.24, 2.45) is 0 Å². The summed E-state index contributed by atoms with van der Waals surface area (Å²) in [6, 6.07) is 15.8. The molecule has 0 spiro atoms. The molecule has 3 aromatic rings. The highest BCUT2D eigenvalue weighted by atomic mass is 16.5. The second-order valence-electron chi connectivity index (χ2n) is 6.92. The molecular formula is C21H25N3O3. The topological polar surface area (TPSA) is 59.5 Å². The van der Waals surface area contributed by atoms with Gasteiger partial charge in [-0.05, 0) is 37.1 Å². The molecule has 1 N–H and O–H groups in total. The van der Waals surface area contributed by atoms with Gasteiger partial charge >= 0.3 is 5.69 Å². The summed E-state index contributed by atoms with van der Waals surface area (Å²) in [6.07, 6.45) is 1.95. The number of imidazole rings is 1. The Bertz CT molecular complexity index is 954. The molecule has 1 aliphatic rings. The highest BCUT2D eigenvalue weighted by molar-refractivity contribution is 5.75. The molecule has 6 nitrogen and oxygen atoms in total. The van der Waals surface area contributed by atoms with Crippen molar-refractivity contribution in [3.8, 4) is 11.5 Å². The lowest BCUT2D eigenvalue weighted by atomic mass is 10.0. The quantitative estimate of drug-likeness (QED) is 0.727. The van der Waals surface area contributed by atoms with Gasteiger partial charge < -0.3 is 14.5 Å². The highest BCUT2D eigenvalue weighted by Gasteiger charge is 2.23. The number of hydrogen-bond acceptors (Lipinski definition) is 4. The second kappa shape index (κ2) is 7.88. The SMILES string of the molecule is COc1cccc(OCCN2CCC(n3c(=O)[nH]c4ccccc43)CC2)c1. The normalized spacial score (nSPS) is 15.9. The Morgan fingerprint density at radius 3 is 2.67 bits per heavy atom. The Morgan fingerprint density at radius 1 is 1.07 bits per heavy atom. The van der Waals surface area contributed by atoms with E-state index in [4.69, 9.17) is 9.47 Å². The monoisotopic (exact) mass is 367 g/mol. The number of ether oxygens (including phenoxy) is 2. The van der Waals surface area contributed by atoms with Gasteiger partial charge in [0.25, 0.3) is 0 Å². The van der Waals surface area contributed by atoms with Gasteiger partial charge in [0.05, 0.1) is 18.1 Å². The number of piperidine rings is 1. The number of hydrogen-bond donors (Lipinski definition) is 1. The summed E-state index contributed by atoms with van der Waals surface area (Å²) in [5, 5.41) is 0. The van der Waals surface area contributed by atoms with Gasteiger partial charge in [-0.15, -0.1) is 0 Å². The first-order chi connectivity index (χ1) is 13.2. The number of fused-ring (bicyclic) bond motifs is 1. The smallest absolute Gasteiger partial charge is 0.326 e. The fraction of sp³-hybridized carbons (Fsp3) is 0.381. The number of aromatic amines is 1. The summed E-state index contributed by atoms with van der Waals surface area (Å²) in [5.41, 5.74) is 1.91. The second-order valence-corrected chi connectivity index (χ2v) is 6.92. The molecule has 2 aromatic carbocycles. The summed E-state index contributed by atoms with van der Waals surface area (Å²) < 4.78 is 13.0. The van der Waals surface area contributed by atoms with Gasteiger partial charge in [-0.25, -0.2) is 4.79 Å². The lowest BCUT2D eigenvalue weighted by Gasteiger charge is -2.32. The molecule has 1 saturated heterocycles. The minimum Gasteiger partial charge on any atom is -0.497 e. The van der Waals surface area contributed by atoms with Crippen molar-refractivity contribution in [2.75, 3.05) is 33.4 Å². The van der Waals surface area contributed by atoms with Gasteiger partial charge in [0.15, 0.2) is 0 Å². The number of H-pyrrole nitrogens is 1. The van der Waals surface area contributed by atoms with Crippen LogP contribution in [0.5, 0.6) is 11.5 Å². The van der Waals surface area contributed by atoms with Crippen molar-refractivity contribution >= 4 is 11.0 Å². The molecule has 0 radical (unpaired) electrons. The van der Waals surface area contributed by atoms with Gasteiger partial charge in [-0.3, -0.25) is 9.47 Å². The third kappa shape index (κ3) is 3.85. The Labute approximate surface area is 158 Å². The Morgan fingerprint density at radius 2 is 1.85 bits per heavy atom. The van der Waals surface area contributed by atoms with E-state index in [-0.39, 0.29) is 11.7 Å². The zero-order valence-electron chi connectivity index (χ0n) is 15.6. The predicted octanol–water partition coefficient (Wildman–Crippen LogP) is 3.05. The van der Waals surface area contributed by atoms with E-state index in [0.717, 1.165) is 55.0 Å². The number of nitrogens with zero attached hydrogens (tertiary/aromatic N) is 2. The summed E-state index contributed by atoms with van der Waals surface area (Å²) >= 11 is 0. The van der Waals surface area contributed by atoms with E-state index in [1.165, 1.54) is 0 Å². The predicted molar refractivity (Wildman–Crippen MR) is 106 cm³/mol. The molecule has 2 heterocycles. The van der Waals surface area contributed by atoms with Crippen molar-refractivity contribution < 1.29 is 9.47 Å². The van der Waals surface area contributed by atoms with Crippen LogP contribution >= 0.6 is 0 Å². The Kier molecular flexibility index (Phi) is 5.16. The van der Waals surface area contributed by atoms with Crippen LogP contribution in [0.1, 0.15) is 18.9 Å². The van der Waals surface area contributed by atoms with Gasteiger partial charge in [-0.2, -0.15) is 0 Å². The number of aromatic nitrogens is 2. The van der Waals surface area contributed by atoms with Gasteiger partial charge in [0.1, 0.15) is 18.1 Å². The van der Waals surface area contributed by atoms with Crippen LogP contribution in [0.2, 0.25) is 0 Å². The molecule has 1 aromatic heterocycles. The van der Waals surface area contributed by atoms with Crippen LogP contribution in [0.25, 0.3) is 11.0 Å². The maximum absolute atomic E-state index is 12.4. The lowest BCUT2D eigenvalue weighted by Crippen LogP contribution is -2.38. The van der Waals surface area contributed by atoms with E-state index in [0.29, 0.717) is 6.61 Å². The summed E-state index contributed by atoms with van der Waals surface area (Å²) in [6.45, 7) is 3.47. The summed E-state index contributed by atoms with van der Waals surface area (Å²) in [5.74, 6) is 1.63. The van der Waals surface area contributed by atoms with Crippen LogP contribution in [0.4, 0.5) is 0 Å². The number of likely N-dealkylation sites (tertiary alicyclic amines) is 1. The van der Waals surface area contributed by atoms with E-state index in [1.54, 1.807) is 7.11 Å². The Balaban J connectivity index is 1.31. The number of methoxy groups -OCH3 is 1. The maximum Gasteiger partial charge on any atom is 0.326 e. The molecule has 0 bridgehead atoms. The van der Waals surface area contributed by atoms with Crippen LogP contribution in [-0.2, 0) is 0 Å². The lowest BCUT2D eigenvalue weighted by molar-refractivity contribution is 0.157. The molecular weight excluding hydrogens is 342 g/mol. The van der Waals surface area contributed by atoms with E-state index in [9.17, 15) is 4.79 Å². The molecule has 0 unspecified atom stereocenters. The van der Waals surface area contributed by atoms with Crippen LogP contribution in [0, 0.1) is 0 Å². The van der Waals surface area contributed by atoms with Crippen molar-refractivity contribution in [3.63, 3.8) is 0 Å². The summed E-state index contributed by atoms with van der Waals surface area (Å²) in [4.78, 5) is 17.7. The van der Waals surface area contributed by atoms with E-state index < -0.39 is 0 Å². The molecule has 0 amide bonds. The van der Waals surface area contributed by atoms with Crippen molar-refractivity contribution in [2.45, 2.75) is 18.9 Å². The minimum atomic E-state index is -0.00370.